The van der Waals surface area contributed by atoms with Gasteiger partial charge in [0.05, 0.1) is 19.2 Å². The second-order valence-electron chi connectivity index (χ2n) is 3.65. The quantitative estimate of drug-likeness (QED) is 0.608. The molecule has 0 saturated carbocycles. The normalized spacial score (nSPS) is 23.0. The highest BCUT2D eigenvalue weighted by Gasteiger charge is 2.46. The van der Waals surface area contributed by atoms with Crippen LogP contribution in [-0.4, -0.2) is 47.2 Å². The van der Waals surface area contributed by atoms with E-state index in [0.717, 1.165) is 12.2 Å². The van der Waals surface area contributed by atoms with Crippen LogP contribution in [0, 0.1) is 0 Å². The zero-order valence-corrected chi connectivity index (χ0v) is 9.23. The van der Waals surface area contributed by atoms with Crippen molar-refractivity contribution in [3.8, 4) is 0 Å². The van der Waals surface area contributed by atoms with Crippen molar-refractivity contribution in [3.63, 3.8) is 0 Å². The summed E-state index contributed by atoms with van der Waals surface area (Å²) in [5.41, 5.74) is 0. The van der Waals surface area contributed by atoms with E-state index in [1.54, 1.807) is 6.92 Å². The molecule has 5 nitrogen and oxygen atoms in total. The van der Waals surface area contributed by atoms with Gasteiger partial charge in [0.15, 0.2) is 0 Å². The molecule has 17 heavy (non-hydrogen) atoms. The first kappa shape index (κ1) is 13.4. The van der Waals surface area contributed by atoms with E-state index in [1.807, 2.05) is 0 Å². The lowest BCUT2D eigenvalue weighted by atomic mass is 10.2. The zero-order chi connectivity index (χ0) is 13.1. The van der Waals surface area contributed by atoms with Crippen molar-refractivity contribution in [1.29, 1.82) is 0 Å². The van der Waals surface area contributed by atoms with Gasteiger partial charge in [-0.15, -0.1) is 0 Å². The number of carboxylic acid groups (broad SMARTS) is 1. The molecule has 0 aliphatic carbocycles. The SMILES string of the molecule is CCOC(=O)C=C[C@H]1CC(F)(F)CN1C(=O)O. The van der Waals surface area contributed by atoms with Gasteiger partial charge in [-0.1, -0.05) is 6.08 Å². The number of rotatable bonds is 3. The zero-order valence-electron chi connectivity index (χ0n) is 9.23. The number of alkyl halides is 2. The summed E-state index contributed by atoms with van der Waals surface area (Å²) in [4.78, 5) is 22.3. The maximum absolute atomic E-state index is 13.0. The molecule has 7 heteroatoms. The molecule has 0 radical (unpaired) electrons. The first-order valence-electron chi connectivity index (χ1n) is 5.08. The van der Waals surface area contributed by atoms with E-state index >= 15 is 0 Å². The summed E-state index contributed by atoms with van der Waals surface area (Å²) in [5.74, 6) is -3.73. The predicted octanol–water partition coefficient (Wildman–Crippen LogP) is 1.49. The molecule has 1 saturated heterocycles. The van der Waals surface area contributed by atoms with Crippen LogP contribution in [0.3, 0.4) is 0 Å². The third kappa shape index (κ3) is 3.69. The number of hydrogen-bond donors (Lipinski definition) is 1. The molecule has 1 atom stereocenters. The fourth-order valence-corrected chi connectivity index (χ4v) is 1.61. The molecule has 0 aromatic heterocycles. The molecule has 0 unspecified atom stereocenters. The monoisotopic (exact) mass is 249 g/mol. The lowest BCUT2D eigenvalue weighted by Gasteiger charge is -2.16. The Bertz CT molecular complexity index is 343. The van der Waals surface area contributed by atoms with Crippen LogP contribution in [-0.2, 0) is 9.53 Å². The standard InChI is InChI=1S/C10H13F2NO4/c1-2-17-8(14)4-3-7-5-10(11,12)6-13(7)9(15)16/h3-4,7H,2,5-6H2,1H3,(H,15,16)/t7-/m0/s1. The van der Waals surface area contributed by atoms with Crippen LogP contribution >= 0.6 is 0 Å². The largest absolute Gasteiger partial charge is 0.465 e. The molecule has 0 spiro atoms. The van der Waals surface area contributed by atoms with Crippen molar-refractivity contribution in [3.05, 3.63) is 12.2 Å². The molecule has 1 N–H and O–H groups in total. The lowest BCUT2D eigenvalue weighted by molar-refractivity contribution is -0.137. The van der Waals surface area contributed by atoms with E-state index in [1.165, 1.54) is 0 Å². The minimum absolute atomic E-state index is 0.173. The van der Waals surface area contributed by atoms with Gasteiger partial charge in [0.1, 0.15) is 0 Å². The van der Waals surface area contributed by atoms with E-state index in [9.17, 15) is 18.4 Å². The van der Waals surface area contributed by atoms with Gasteiger partial charge in [-0.2, -0.15) is 0 Å². The number of carbonyl (C=O) groups excluding carboxylic acids is 1. The van der Waals surface area contributed by atoms with Crippen LogP contribution in [0.4, 0.5) is 13.6 Å². The smallest absolute Gasteiger partial charge is 0.408 e. The van der Waals surface area contributed by atoms with Crippen molar-refractivity contribution >= 4 is 12.1 Å². The van der Waals surface area contributed by atoms with Gasteiger partial charge in [0, 0.05) is 12.5 Å². The summed E-state index contributed by atoms with van der Waals surface area (Å²) in [6.45, 7) is 0.936. The summed E-state index contributed by atoms with van der Waals surface area (Å²) in [5, 5.41) is 8.73. The molecule has 1 amide bonds. The molecule has 1 fully saturated rings. The second kappa shape index (κ2) is 5.11. The Morgan fingerprint density at radius 2 is 2.24 bits per heavy atom. The topological polar surface area (TPSA) is 66.8 Å². The Kier molecular flexibility index (Phi) is 4.03. The van der Waals surface area contributed by atoms with Crippen molar-refractivity contribution < 1.29 is 28.2 Å². The maximum atomic E-state index is 13.0. The third-order valence-electron chi connectivity index (χ3n) is 2.30. The number of ether oxygens (including phenoxy) is 1. The van der Waals surface area contributed by atoms with Crippen LogP contribution in [0.15, 0.2) is 12.2 Å². The summed E-state index contributed by atoms with van der Waals surface area (Å²) in [6, 6.07) is -0.994. The van der Waals surface area contributed by atoms with Gasteiger partial charge in [-0.05, 0) is 6.92 Å². The van der Waals surface area contributed by atoms with Crippen LogP contribution in [0.25, 0.3) is 0 Å². The summed E-state index contributed by atoms with van der Waals surface area (Å²) >= 11 is 0. The molecule has 0 aromatic rings. The molecule has 1 aliphatic rings. The van der Waals surface area contributed by atoms with Gasteiger partial charge >= 0.3 is 12.1 Å². The third-order valence-corrected chi connectivity index (χ3v) is 2.30. The van der Waals surface area contributed by atoms with E-state index < -0.39 is 37.0 Å². The Morgan fingerprint density at radius 1 is 1.59 bits per heavy atom. The summed E-state index contributed by atoms with van der Waals surface area (Å²) in [6.07, 6.45) is 0.0639. The van der Waals surface area contributed by atoms with Crippen LogP contribution in [0.1, 0.15) is 13.3 Å². The highest BCUT2D eigenvalue weighted by atomic mass is 19.3. The molecule has 1 heterocycles. The number of likely N-dealkylation sites (tertiary alicyclic amines) is 1. The van der Waals surface area contributed by atoms with Gasteiger partial charge in [0.25, 0.3) is 5.92 Å². The molecule has 96 valence electrons. The van der Waals surface area contributed by atoms with Crippen LogP contribution in [0.2, 0.25) is 0 Å². The molecule has 0 aromatic carbocycles. The highest BCUT2D eigenvalue weighted by Crippen LogP contribution is 2.32. The fraction of sp³-hybridized carbons (Fsp3) is 0.600. The van der Waals surface area contributed by atoms with Crippen molar-refractivity contribution in [2.45, 2.75) is 25.3 Å². The highest BCUT2D eigenvalue weighted by molar-refractivity contribution is 5.82. The van der Waals surface area contributed by atoms with Crippen LogP contribution in [0.5, 0.6) is 0 Å². The van der Waals surface area contributed by atoms with Crippen molar-refractivity contribution in [1.82, 2.24) is 4.90 Å². The number of amides is 1. The van der Waals surface area contributed by atoms with Crippen LogP contribution < -0.4 is 0 Å². The van der Waals surface area contributed by atoms with Crippen molar-refractivity contribution in [2.24, 2.45) is 0 Å². The predicted molar refractivity (Wildman–Crippen MR) is 53.9 cm³/mol. The molecular formula is C10H13F2NO4. The molecule has 1 rings (SSSR count). The minimum Gasteiger partial charge on any atom is -0.465 e. The maximum Gasteiger partial charge on any atom is 0.408 e. The average Bonchev–Trinajstić information content (AvgIpc) is 2.51. The van der Waals surface area contributed by atoms with E-state index in [2.05, 4.69) is 4.74 Å². The Labute approximate surface area is 96.7 Å². The number of halogens is 2. The Morgan fingerprint density at radius 3 is 2.76 bits per heavy atom. The Balaban J connectivity index is 2.68. The first-order chi connectivity index (χ1) is 7.85. The van der Waals surface area contributed by atoms with Gasteiger partial charge in [0.2, 0.25) is 0 Å². The van der Waals surface area contributed by atoms with Gasteiger partial charge < -0.3 is 9.84 Å². The Hall–Kier alpha value is -1.66. The molecular weight excluding hydrogens is 236 g/mol. The molecule has 1 aliphatic heterocycles. The number of carbonyl (C=O) groups is 2. The summed E-state index contributed by atoms with van der Waals surface area (Å²) in [7, 11) is 0. The number of hydrogen-bond acceptors (Lipinski definition) is 3. The second-order valence-corrected chi connectivity index (χ2v) is 3.65. The first-order valence-corrected chi connectivity index (χ1v) is 5.08. The fourth-order valence-electron chi connectivity index (χ4n) is 1.61. The lowest BCUT2D eigenvalue weighted by Crippen LogP contribution is -2.34. The van der Waals surface area contributed by atoms with E-state index in [0.29, 0.717) is 4.90 Å². The van der Waals surface area contributed by atoms with E-state index in [-0.39, 0.29) is 6.61 Å². The minimum atomic E-state index is -3.05. The number of esters is 1. The average molecular weight is 249 g/mol. The van der Waals surface area contributed by atoms with E-state index in [4.69, 9.17) is 5.11 Å². The summed E-state index contributed by atoms with van der Waals surface area (Å²) < 4.78 is 30.6. The number of nitrogens with zero attached hydrogens (tertiary/aromatic N) is 1. The molecule has 0 bridgehead atoms. The van der Waals surface area contributed by atoms with Crippen molar-refractivity contribution in [2.75, 3.05) is 13.2 Å². The van der Waals surface area contributed by atoms with Gasteiger partial charge in [-0.3, -0.25) is 4.90 Å². The van der Waals surface area contributed by atoms with Gasteiger partial charge in [-0.25, -0.2) is 18.4 Å².